The lowest BCUT2D eigenvalue weighted by Gasteiger charge is -2.27. The molecule has 0 aliphatic heterocycles. The smallest absolute Gasteiger partial charge is 0.0587 e. The van der Waals surface area contributed by atoms with Crippen molar-refractivity contribution in [1.29, 1.82) is 0 Å². The molecular weight excluding hydrogens is 150 g/mol. The molecule has 0 heterocycles. The molecule has 2 atom stereocenters. The first-order chi connectivity index (χ1) is 5.83. The van der Waals surface area contributed by atoms with Gasteiger partial charge < -0.3 is 10.1 Å². The summed E-state index contributed by atoms with van der Waals surface area (Å²) in [7, 11) is 1.76. The molecule has 0 saturated heterocycles. The maximum absolute atomic E-state index is 5.00. The Morgan fingerprint density at radius 3 is 2.92 bits per heavy atom. The number of hydrogen-bond acceptors (Lipinski definition) is 2. The molecule has 1 fully saturated rings. The van der Waals surface area contributed by atoms with Gasteiger partial charge in [-0.2, -0.15) is 0 Å². The van der Waals surface area contributed by atoms with Crippen molar-refractivity contribution in [2.75, 3.05) is 20.3 Å². The van der Waals surface area contributed by atoms with Crippen molar-refractivity contribution < 1.29 is 4.74 Å². The summed E-state index contributed by atoms with van der Waals surface area (Å²) in [4.78, 5) is 0. The highest BCUT2D eigenvalue weighted by atomic mass is 16.5. The summed E-state index contributed by atoms with van der Waals surface area (Å²) in [6.07, 6.45) is 5.52. The van der Waals surface area contributed by atoms with Crippen LogP contribution in [0.2, 0.25) is 0 Å². The topological polar surface area (TPSA) is 21.3 Å². The van der Waals surface area contributed by atoms with Crippen LogP contribution in [0.15, 0.2) is 0 Å². The van der Waals surface area contributed by atoms with Gasteiger partial charge in [-0.1, -0.05) is 19.8 Å². The minimum atomic E-state index is 0.754. The molecule has 0 bridgehead atoms. The third-order valence-corrected chi connectivity index (χ3v) is 2.68. The highest BCUT2D eigenvalue weighted by Gasteiger charge is 2.17. The third-order valence-electron chi connectivity index (χ3n) is 2.68. The minimum absolute atomic E-state index is 0.754. The predicted molar refractivity (Wildman–Crippen MR) is 51.3 cm³/mol. The minimum Gasteiger partial charge on any atom is -0.383 e. The molecule has 12 heavy (non-hydrogen) atoms. The van der Waals surface area contributed by atoms with E-state index in [1.165, 1.54) is 25.7 Å². The summed E-state index contributed by atoms with van der Waals surface area (Å²) in [5.41, 5.74) is 0. The van der Waals surface area contributed by atoms with Crippen molar-refractivity contribution in [3.8, 4) is 0 Å². The molecule has 0 aromatic rings. The first-order valence-corrected chi connectivity index (χ1v) is 5.05. The fraction of sp³-hybridized carbons (Fsp3) is 1.00. The maximum atomic E-state index is 5.00. The zero-order valence-corrected chi connectivity index (χ0v) is 8.31. The quantitative estimate of drug-likeness (QED) is 0.651. The first kappa shape index (κ1) is 10.0. The van der Waals surface area contributed by atoms with Crippen LogP contribution >= 0.6 is 0 Å². The van der Waals surface area contributed by atoms with Crippen LogP contribution < -0.4 is 5.32 Å². The number of nitrogens with one attached hydrogen (secondary N) is 1. The molecule has 2 nitrogen and oxygen atoms in total. The highest BCUT2D eigenvalue weighted by molar-refractivity contribution is 4.75. The summed E-state index contributed by atoms with van der Waals surface area (Å²) >= 11 is 0. The fourth-order valence-electron chi connectivity index (χ4n) is 1.98. The Balaban J connectivity index is 2.06. The summed E-state index contributed by atoms with van der Waals surface area (Å²) in [6, 6.07) is 0.754. The van der Waals surface area contributed by atoms with Crippen molar-refractivity contribution in [3.05, 3.63) is 0 Å². The molecule has 0 radical (unpaired) electrons. The van der Waals surface area contributed by atoms with Crippen LogP contribution in [0.1, 0.15) is 32.6 Å². The van der Waals surface area contributed by atoms with Gasteiger partial charge in [0.05, 0.1) is 6.61 Å². The van der Waals surface area contributed by atoms with E-state index in [9.17, 15) is 0 Å². The van der Waals surface area contributed by atoms with Gasteiger partial charge in [0.15, 0.2) is 0 Å². The molecule has 0 aromatic carbocycles. The van der Waals surface area contributed by atoms with E-state index in [1.54, 1.807) is 7.11 Å². The normalized spacial score (nSPS) is 30.5. The molecule has 1 rings (SSSR count). The van der Waals surface area contributed by atoms with Crippen molar-refractivity contribution in [3.63, 3.8) is 0 Å². The van der Waals surface area contributed by atoms with Gasteiger partial charge in [0.25, 0.3) is 0 Å². The van der Waals surface area contributed by atoms with E-state index < -0.39 is 0 Å². The maximum Gasteiger partial charge on any atom is 0.0587 e. The Bertz CT molecular complexity index is 116. The molecule has 0 spiro atoms. The Morgan fingerprint density at radius 1 is 1.42 bits per heavy atom. The second-order valence-electron chi connectivity index (χ2n) is 3.92. The molecule has 72 valence electrons. The van der Waals surface area contributed by atoms with Gasteiger partial charge in [-0.3, -0.25) is 0 Å². The van der Waals surface area contributed by atoms with Crippen LogP contribution in [0.25, 0.3) is 0 Å². The van der Waals surface area contributed by atoms with Gasteiger partial charge in [0.2, 0.25) is 0 Å². The lowest BCUT2D eigenvalue weighted by molar-refractivity contribution is 0.188. The average Bonchev–Trinajstić information content (AvgIpc) is 2.05. The Hall–Kier alpha value is -0.0800. The molecule has 1 saturated carbocycles. The Labute approximate surface area is 75.7 Å². The largest absolute Gasteiger partial charge is 0.383 e. The standard InChI is InChI=1S/C10H21NO/c1-9-4-3-5-10(8-9)11-6-7-12-2/h9-11H,3-8H2,1-2H3/t9-,10-/m1/s1. The zero-order valence-electron chi connectivity index (χ0n) is 8.31. The van der Waals surface area contributed by atoms with Crippen LogP contribution in [0.4, 0.5) is 0 Å². The van der Waals surface area contributed by atoms with Crippen LogP contribution in [0.3, 0.4) is 0 Å². The van der Waals surface area contributed by atoms with E-state index in [0.29, 0.717) is 0 Å². The SMILES string of the molecule is COCCN[C@@H]1CCC[C@@H](C)C1. The van der Waals surface area contributed by atoms with Crippen molar-refractivity contribution in [2.24, 2.45) is 5.92 Å². The number of hydrogen-bond donors (Lipinski definition) is 1. The first-order valence-electron chi connectivity index (χ1n) is 5.05. The second-order valence-corrected chi connectivity index (χ2v) is 3.92. The monoisotopic (exact) mass is 171 g/mol. The Morgan fingerprint density at radius 2 is 2.25 bits per heavy atom. The molecular formula is C10H21NO. The summed E-state index contributed by atoms with van der Waals surface area (Å²) in [5.74, 6) is 0.916. The summed E-state index contributed by atoms with van der Waals surface area (Å²) in [5, 5.41) is 3.53. The van der Waals surface area contributed by atoms with Gasteiger partial charge in [-0.25, -0.2) is 0 Å². The molecule has 1 aliphatic rings. The van der Waals surface area contributed by atoms with Gasteiger partial charge in [-0.05, 0) is 18.8 Å². The summed E-state index contributed by atoms with van der Waals surface area (Å²) in [6.45, 7) is 4.20. The van der Waals surface area contributed by atoms with E-state index in [-0.39, 0.29) is 0 Å². The second kappa shape index (κ2) is 5.55. The van der Waals surface area contributed by atoms with E-state index in [4.69, 9.17) is 4.74 Å². The van der Waals surface area contributed by atoms with E-state index >= 15 is 0 Å². The van der Waals surface area contributed by atoms with Crippen LogP contribution in [-0.4, -0.2) is 26.3 Å². The predicted octanol–water partition coefficient (Wildman–Crippen LogP) is 1.80. The third kappa shape index (κ3) is 3.55. The van der Waals surface area contributed by atoms with E-state index in [2.05, 4.69) is 12.2 Å². The number of methoxy groups -OCH3 is 1. The van der Waals surface area contributed by atoms with Crippen molar-refractivity contribution in [2.45, 2.75) is 38.6 Å². The van der Waals surface area contributed by atoms with Gasteiger partial charge in [-0.15, -0.1) is 0 Å². The number of ether oxygens (including phenoxy) is 1. The van der Waals surface area contributed by atoms with E-state index in [1.807, 2.05) is 0 Å². The van der Waals surface area contributed by atoms with Crippen LogP contribution in [0, 0.1) is 5.92 Å². The average molecular weight is 171 g/mol. The lowest BCUT2D eigenvalue weighted by atomic mass is 9.87. The van der Waals surface area contributed by atoms with Gasteiger partial charge >= 0.3 is 0 Å². The van der Waals surface area contributed by atoms with Crippen molar-refractivity contribution >= 4 is 0 Å². The molecule has 0 unspecified atom stereocenters. The van der Waals surface area contributed by atoms with Gasteiger partial charge in [0, 0.05) is 19.7 Å². The lowest BCUT2D eigenvalue weighted by Crippen LogP contribution is -2.35. The highest BCUT2D eigenvalue weighted by Crippen LogP contribution is 2.23. The molecule has 2 heteroatoms. The molecule has 0 aromatic heterocycles. The Kier molecular flexibility index (Phi) is 4.62. The number of rotatable bonds is 4. The molecule has 1 aliphatic carbocycles. The summed E-state index contributed by atoms with van der Waals surface area (Å²) < 4.78 is 5.00. The zero-order chi connectivity index (χ0) is 8.81. The van der Waals surface area contributed by atoms with E-state index in [0.717, 1.165) is 25.1 Å². The van der Waals surface area contributed by atoms with Crippen LogP contribution in [0.5, 0.6) is 0 Å². The molecule has 0 amide bonds. The fourth-order valence-corrected chi connectivity index (χ4v) is 1.98. The van der Waals surface area contributed by atoms with Gasteiger partial charge in [0.1, 0.15) is 0 Å². The van der Waals surface area contributed by atoms with Crippen LogP contribution in [-0.2, 0) is 4.74 Å². The van der Waals surface area contributed by atoms with Crippen molar-refractivity contribution in [1.82, 2.24) is 5.32 Å². The molecule has 1 N–H and O–H groups in total.